The third kappa shape index (κ3) is 6.99. The molecule has 0 amide bonds. The van der Waals surface area contributed by atoms with Gasteiger partial charge < -0.3 is 4.74 Å². The van der Waals surface area contributed by atoms with E-state index in [1.165, 1.54) is 54.4 Å². The number of rotatable bonds is 11. The number of ether oxygens (including phenoxy) is 1. The van der Waals surface area contributed by atoms with Crippen LogP contribution >= 0.6 is 0 Å². The van der Waals surface area contributed by atoms with Crippen LogP contribution in [0, 0.1) is 5.92 Å². The summed E-state index contributed by atoms with van der Waals surface area (Å²) in [5.41, 5.74) is 5.34. The largest absolute Gasteiger partial charge is 0.377 e. The normalized spacial score (nSPS) is 19.2. The van der Waals surface area contributed by atoms with Gasteiger partial charge in [-0.2, -0.15) is 0 Å². The molecule has 1 aliphatic rings. The summed E-state index contributed by atoms with van der Waals surface area (Å²) >= 11 is 0. The molecule has 0 heterocycles. The highest BCUT2D eigenvalue weighted by atomic mass is 16.5. The Balaban J connectivity index is 1.48. The van der Waals surface area contributed by atoms with Gasteiger partial charge in [0.15, 0.2) is 0 Å². The molecule has 3 rings (SSSR count). The molecule has 160 valence electrons. The second-order valence-electron chi connectivity index (χ2n) is 8.64. The Morgan fingerprint density at radius 3 is 2.20 bits per heavy atom. The van der Waals surface area contributed by atoms with E-state index in [-0.39, 0.29) is 0 Å². The zero-order valence-electron chi connectivity index (χ0n) is 18.7. The maximum Gasteiger partial charge on any atom is 0.0716 e. The van der Waals surface area contributed by atoms with Crippen LogP contribution in [-0.4, -0.2) is 6.61 Å². The molecule has 1 heteroatoms. The van der Waals surface area contributed by atoms with Crippen molar-refractivity contribution in [3.63, 3.8) is 0 Å². The van der Waals surface area contributed by atoms with Crippen molar-refractivity contribution in [2.24, 2.45) is 5.92 Å². The maximum absolute atomic E-state index is 5.73. The van der Waals surface area contributed by atoms with Gasteiger partial charge in [-0.15, -0.1) is 6.58 Å². The first-order valence-corrected chi connectivity index (χ1v) is 11.8. The van der Waals surface area contributed by atoms with Gasteiger partial charge in [-0.3, -0.25) is 0 Å². The monoisotopic (exact) mass is 402 g/mol. The lowest BCUT2D eigenvalue weighted by atomic mass is 9.77. The molecule has 0 spiro atoms. The van der Waals surface area contributed by atoms with Gasteiger partial charge in [-0.1, -0.05) is 73.7 Å². The molecule has 0 atom stereocenters. The molecule has 2 aromatic carbocycles. The molecular formula is C29H38O. The summed E-state index contributed by atoms with van der Waals surface area (Å²) < 4.78 is 5.73. The minimum absolute atomic E-state index is 0.688. The summed E-state index contributed by atoms with van der Waals surface area (Å²) in [5, 5.41) is 0. The molecule has 0 aliphatic heterocycles. The van der Waals surface area contributed by atoms with E-state index < -0.39 is 0 Å². The minimum Gasteiger partial charge on any atom is -0.377 e. The molecule has 0 saturated heterocycles. The summed E-state index contributed by atoms with van der Waals surface area (Å²) in [6.07, 6.45) is 16.6. The van der Waals surface area contributed by atoms with E-state index >= 15 is 0 Å². The average Bonchev–Trinajstić information content (AvgIpc) is 2.80. The number of unbranched alkanes of at least 4 members (excludes halogenated alkanes) is 1. The fraction of sp³-hybridized carbons (Fsp3) is 0.448. The molecule has 30 heavy (non-hydrogen) atoms. The van der Waals surface area contributed by atoms with Crippen LogP contribution in [0.4, 0.5) is 0 Å². The number of hydrogen-bond donors (Lipinski definition) is 0. The van der Waals surface area contributed by atoms with Gasteiger partial charge >= 0.3 is 0 Å². The van der Waals surface area contributed by atoms with Crippen molar-refractivity contribution in [3.05, 3.63) is 84.5 Å². The standard InChI is InChI=1S/C29H38O/c1-3-5-7-9-24-10-14-26(15-11-24)28-18-20-29(21-19-28)27-16-12-25(13-17-27)23-30-22-8-6-4-2/h4-5,7,12-13,16-21,24,26H,2-3,6,8-11,14-15,22-23H2,1H3. The van der Waals surface area contributed by atoms with Crippen molar-refractivity contribution in [1.82, 2.24) is 0 Å². The topological polar surface area (TPSA) is 9.23 Å². The Morgan fingerprint density at radius 2 is 1.57 bits per heavy atom. The van der Waals surface area contributed by atoms with E-state index in [9.17, 15) is 0 Å². The molecular weight excluding hydrogens is 364 g/mol. The van der Waals surface area contributed by atoms with Crippen molar-refractivity contribution in [1.29, 1.82) is 0 Å². The highest BCUT2D eigenvalue weighted by molar-refractivity contribution is 5.64. The van der Waals surface area contributed by atoms with Crippen molar-refractivity contribution < 1.29 is 4.74 Å². The van der Waals surface area contributed by atoms with Crippen LogP contribution in [0.2, 0.25) is 0 Å². The molecule has 1 fully saturated rings. The van der Waals surface area contributed by atoms with E-state index in [2.05, 4.69) is 74.2 Å². The molecule has 1 nitrogen and oxygen atoms in total. The van der Waals surface area contributed by atoms with Crippen molar-refractivity contribution in [2.45, 2.75) is 70.8 Å². The molecule has 0 unspecified atom stereocenters. The van der Waals surface area contributed by atoms with Gasteiger partial charge in [0, 0.05) is 6.61 Å². The second kappa shape index (κ2) is 12.5. The third-order valence-corrected chi connectivity index (χ3v) is 6.35. The molecule has 1 saturated carbocycles. The number of benzene rings is 2. The molecule has 1 aliphatic carbocycles. The number of allylic oxidation sites excluding steroid dienone is 3. The predicted octanol–water partition coefficient (Wildman–Crippen LogP) is 8.47. The van der Waals surface area contributed by atoms with Gasteiger partial charge in [0.05, 0.1) is 6.61 Å². The number of hydrogen-bond acceptors (Lipinski definition) is 1. The lowest BCUT2D eigenvalue weighted by Crippen LogP contribution is -2.12. The van der Waals surface area contributed by atoms with Crippen LogP contribution in [0.3, 0.4) is 0 Å². The molecule has 0 radical (unpaired) electrons. The molecule has 2 aromatic rings. The fourth-order valence-corrected chi connectivity index (χ4v) is 4.45. The highest BCUT2D eigenvalue weighted by Crippen LogP contribution is 2.37. The summed E-state index contributed by atoms with van der Waals surface area (Å²) in [7, 11) is 0. The predicted molar refractivity (Wildman–Crippen MR) is 130 cm³/mol. The Labute approximate surface area is 183 Å². The molecule has 0 bridgehead atoms. The van der Waals surface area contributed by atoms with Crippen LogP contribution in [0.1, 0.15) is 75.3 Å². The van der Waals surface area contributed by atoms with E-state index in [0.29, 0.717) is 6.61 Å². The Kier molecular flexibility index (Phi) is 9.44. The summed E-state index contributed by atoms with van der Waals surface area (Å²) in [5.74, 6) is 1.64. The van der Waals surface area contributed by atoms with E-state index in [0.717, 1.165) is 37.7 Å². The summed E-state index contributed by atoms with van der Waals surface area (Å²) in [6, 6.07) is 18.1. The van der Waals surface area contributed by atoms with E-state index in [1.54, 1.807) is 0 Å². The highest BCUT2D eigenvalue weighted by Gasteiger charge is 2.21. The van der Waals surface area contributed by atoms with E-state index in [1.807, 2.05) is 6.08 Å². The zero-order valence-corrected chi connectivity index (χ0v) is 18.7. The third-order valence-electron chi connectivity index (χ3n) is 6.35. The van der Waals surface area contributed by atoms with Crippen LogP contribution in [0.5, 0.6) is 0 Å². The van der Waals surface area contributed by atoms with E-state index in [4.69, 9.17) is 4.74 Å². The Hall–Kier alpha value is -2.12. The van der Waals surface area contributed by atoms with Crippen molar-refractivity contribution in [2.75, 3.05) is 6.61 Å². The lowest BCUT2D eigenvalue weighted by Gasteiger charge is -2.28. The molecule has 0 aromatic heterocycles. The van der Waals surface area contributed by atoms with Gasteiger partial charge in [0.2, 0.25) is 0 Å². The van der Waals surface area contributed by atoms with Gasteiger partial charge in [0.1, 0.15) is 0 Å². The quantitative estimate of drug-likeness (QED) is 0.270. The fourth-order valence-electron chi connectivity index (χ4n) is 4.45. The smallest absolute Gasteiger partial charge is 0.0716 e. The van der Waals surface area contributed by atoms with Gasteiger partial charge in [-0.25, -0.2) is 0 Å². The van der Waals surface area contributed by atoms with Gasteiger partial charge in [0.25, 0.3) is 0 Å². The minimum atomic E-state index is 0.688. The SMILES string of the molecule is C=CCCCOCc1ccc(-c2ccc(C3CCC(CC=CCC)CC3)cc2)cc1. The first-order valence-electron chi connectivity index (χ1n) is 11.8. The first-order chi connectivity index (χ1) is 14.8. The maximum atomic E-state index is 5.73. The lowest BCUT2D eigenvalue weighted by molar-refractivity contribution is 0.119. The zero-order chi connectivity index (χ0) is 21.0. The van der Waals surface area contributed by atoms with Crippen LogP contribution in [-0.2, 0) is 11.3 Å². The average molecular weight is 403 g/mol. The molecule has 0 N–H and O–H groups in total. The second-order valence-corrected chi connectivity index (χ2v) is 8.64. The van der Waals surface area contributed by atoms with Crippen molar-refractivity contribution in [3.8, 4) is 11.1 Å². The van der Waals surface area contributed by atoms with Crippen LogP contribution in [0.15, 0.2) is 73.3 Å². The first kappa shape index (κ1) is 22.6. The van der Waals surface area contributed by atoms with Crippen LogP contribution < -0.4 is 0 Å². The van der Waals surface area contributed by atoms with Gasteiger partial charge in [-0.05, 0) is 85.5 Å². The summed E-state index contributed by atoms with van der Waals surface area (Å²) in [6.45, 7) is 7.45. The van der Waals surface area contributed by atoms with Crippen molar-refractivity contribution >= 4 is 0 Å². The van der Waals surface area contributed by atoms with Crippen LogP contribution in [0.25, 0.3) is 11.1 Å². The Morgan fingerprint density at radius 1 is 0.900 bits per heavy atom. The Bertz CT molecular complexity index is 761. The summed E-state index contributed by atoms with van der Waals surface area (Å²) in [4.78, 5) is 0.